The zero-order chi connectivity index (χ0) is 11.6. The quantitative estimate of drug-likeness (QED) is 0.468. The van der Waals surface area contributed by atoms with Crippen molar-refractivity contribution in [3.8, 4) is 0 Å². The van der Waals surface area contributed by atoms with Crippen LogP contribution < -0.4 is 0 Å². The van der Waals surface area contributed by atoms with Crippen LogP contribution in [0.25, 0.3) is 0 Å². The Morgan fingerprint density at radius 1 is 1.00 bits per heavy atom. The van der Waals surface area contributed by atoms with Crippen LogP contribution in [0.5, 0.6) is 0 Å². The van der Waals surface area contributed by atoms with Crippen LogP contribution in [-0.4, -0.2) is 10.8 Å². The van der Waals surface area contributed by atoms with Crippen molar-refractivity contribution in [3.63, 3.8) is 0 Å². The van der Waals surface area contributed by atoms with Crippen LogP contribution >= 0.6 is 7.71 Å². The summed E-state index contributed by atoms with van der Waals surface area (Å²) >= 11 is 0. The third kappa shape index (κ3) is 3.87. The Bertz CT molecular complexity index is 229. The number of hydrogen-bond acceptors (Lipinski definition) is 1. The lowest BCUT2D eigenvalue weighted by atomic mass is 9.96. The summed E-state index contributed by atoms with van der Waals surface area (Å²) < 4.78 is 0. The summed E-state index contributed by atoms with van der Waals surface area (Å²) in [6, 6.07) is 0. The van der Waals surface area contributed by atoms with E-state index in [9.17, 15) is 0 Å². The van der Waals surface area contributed by atoms with E-state index in [1.54, 1.807) is 0 Å². The number of nitrogens with one attached hydrogen (secondary N) is 1. The first kappa shape index (κ1) is 13.2. The van der Waals surface area contributed by atoms with Crippen molar-refractivity contribution in [1.29, 1.82) is 5.16 Å². The SMILES string of the molecule is CC1CCC([P+](=N)C(C)(C)C)CC(C)C1. The van der Waals surface area contributed by atoms with Crippen molar-refractivity contribution in [2.75, 3.05) is 0 Å². The molecule has 0 aromatic rings. The minimum atomic E-state index is -0.552. The van der Waals surface area contributed by atoms with Gasteiger partial charge in [0.25, 0.3) is 0 Å². The topological polar surface area (TPSA) is 23.9 Å². The molecule has 1 N–H and O–H groups in total. The minimum absolute atomic E-state index is 0.216. The minimum Gasteiger partial charge on any atom is -0.124 e. The normalized spacial score (nSPS) is 34.7. The molecule has 1 rings (SSSR count). The molecule has 0 heterocycles. The van der Waals surface area contributed by atoms with Crippen molar-refractivity contribution in [2.45, 2.75) is 71.1 Å². The van der Waals surface area contributed by atoms with Crippen LogP contribution in [-0.2, 0) is 0 Å². The molecule has 1 fully saturated rings. The fourth-order valence-electron chi connectivity index (χ4n) is 2.74. The smallest absolute Gasteiger partial charge is 0.124 e. The van der Waals surface area contributed by atoms with Gasteiger partial charge in [-0.2, -0.15) is 0 Å². The van der Waals surface area contributed by atoms with E-state index in [1.807, 2.05) is 0 Å². The van der Waals surface area contributed by atoms with Gasteiger partial charge in [0.15, 0.2) is 0 Å². The van der Waals surface area contributed by atoms with Gasteiger partial charge in [0.1, 0.15) is 10.8 Å². The number of rotatable bonds is 1. The summed E-state index contributed by atoms with van der Waals surface area (Å²) in [5, 5.41) is 8.65. The van der Waals surface area contributed by atoms with Gasteiger partial charge in [-0.25, -0.2) is 0 Å². The van der Waals surface area contributed by atoms with Crippen molar-refractivity contribution in [3.05, 3.63) is 0 Å². The van der Waals surface area contributed by atoms with Crippen LogP contribution in [0.4, 0.5) is 0 Å². The molecule has 2 heteroatoms. The largest absolute Gasteiger partial charge is 0.204 e. The van der Waals surface area contributed by atoms with Gasteiger partial charge >= 0.3 is 0 Å². The maximum atomic E-state index is 8.44. The highest BCUT2D eigenvalue weighted by Crippen LogP contribution is 2.49. The molecular formula is C13H27NP+. The van der Waals surface area contributed by atoms with Gasteiger partial charge in [0, 0.05) is 0 Å². The van der Waals surface area contributed by atoms with Gasteiger partial charge in [-0.05, 0) is 58.3 Å². The van der Waals surface area contributed by atoms with Crippen LogP contribution in [0.15, 0.2) is 0 Å². The second kappa shape index (κ2) is 4.95. The molecule has 0 radical (unpaired) electrons. The highest BCUT2D eigenvalue weighted by atomic mass is 31.1. The Morgan fingerprint density at radius 3 is 2.13 bits per heavy atom. The van der Waals surface area contributed by atoms with Gasteiger partial charge in [0.05, 0.1) is 0 Å². The molecule has 0 saturated heterocycles. The third-order valence-corrected chi connectivity index (χ3v) is 6.20. The van der Waals surface area contributed by atoms with Crippen LogP contribution in [0.3, 0.4) is 0 Å². The molecule has 1 saturated carbocycles. The second-order valence-corrected chi connectivity index (χ2v) is 9.27. The van der Waals surface area contributed by atoms with Gasteiger partial charge in [-0.15, -0.1) is 5.16 Å². The standard InChI is InChI=1S/C13H27NP/c1-10-6-7-12(9-11(2)8-10)15(14)13(3,4)5/h10-12,14H,6-9H2,1-5H3/q+1. The molecule has 1 aliphatic rings. The van der Waals surface area contributed by atoms with E-state index in [4.69, 9.17) is 5.16 Å². The molecule has 4 atom stereocenters. The summed E-state index contributed by atoms with van der Waals surface area (Å²) in [4.78, 5) is 0. The molecule has 15 heavy (non-hydrogen) atoms. The summed E-state index contributed by atoms with van der Waals surface area (Å²) in [6.45, 7) is 11.5. The van der Waals surface area contributed by atoms with Gasteiger partial charge in [-0.1, -0.05) is 13.8 Å². The Kier molecular flexibility index (Phi) is 4.35. The fourth-order valence-corrected chi connectivity index (χ4v) is 4.82. The lowest BCUT2D eigenvalue weighted by molar-refractivity contribution is 0.423. The highest BCUT2D eigenvalue weighted by molar-refractivity contribution is 7.48. The van der Waals surface area contributed by atoms with Crippen molar-refractivity contribution < 1.29 is 0 Å². The molecule has 1 nitrogen and oxygen atoms in total. The molecule has 1 aliphatic carbocycles. The van der Waals surface area contributed by atoms with Gasteiger partial charge in [0.2, 0.25) is 7.71 Å². The second-order valence-electron chi connectivity index (χ2n) is 6.45. The van der Waals surface area contributed by atoms with Gasteiger partial charge in [-0.3, -0.25) is 0 Å². The van der Waals surface area contributed by atoms with E-state index in [2.05, 4.69) is 34.6 Å². The van der Waals surface area contributed by atoms with Crippen LogP contribution in [0.2, 0.25) is 0 Å². The molecule has 0 aromatic heterocycles. The summed E-state index contributed by atoms with van der Waals surface area (Å²) in [7, 11) is -0.552. The summed E-state index contributed by atoms with van der Waals surface area (Å²) in [5.74, 6) is 1.72. The molecule has 0 bridgehead atoms. The fraction of sp³-hybridized carbons (Fsp3) is 1.00. The molecule has 0 amide bonds. The van der Waals surface area contributed by atoms with E-state index in [0.29, 0.717) is 5.66 Å². The zero-order valence-corrected chi connectivity index (χ0v) is 11.9. The van der Waals surface area contributed by atoms with E-state index in [1.165, 1.54) is 25.7 Å². The monoisotopic (exact) mass is 228 g/mol. The van der Waals surface area contributed by atoms with Crippen molar-refractivity contribution in [2.24, 2.45) is 11.8 Å². The Hall–Kier alpha value is 0.100. The van der Waals surface area contributed by atoms with E-state index in [0.717, 1.165) is 11.8 Å². The van der Waals surface area contributed by atoms with E-state index in [-0.39, 0.29) is 5.16 Å². The predicted molar refractivity (Wildman–Crippen MR) is 70.0 cm³/mol. The molecule has 4 unspecified atom stereocenters. The Balaban J connectivity index is 2.66. The predicted octanol–water partition coefficient (Wildman–Crippen LogP) is 5.24. The van der Waals surface area contributed by atoms with Crippen LogP contribution in [0, 0.1) is 17.0 Å². The lowest BCUT2D eigenvalue weighted by Gasteiger charge is -2.17. The van der Waals surface area contributed by atoms with Gasteiger partial charge < -0.3 is 0 Å². The molecule has 0 spiro atoms. The highest BCUT2D eigenvalue weighted by Gasteiger charge is 2.39. The first-order valence-corrected chi connectivity index (χ1v) is 7.72. The van der Waals surface area contributed by atoms with Crippen molar-refractivity contribution >= 4 is 7.71 Å². The van der Waals surface area contributed by atoms with Crippen molar-refractivity contribution in [1.82, 2.24) is 0 Å². The van der Waals surface area contributed by atoms with E-state index >= 15 is 0 Å². The first-order valence-electron chi connectivity index (χ1n) is 6.31. The zero-order valence-electron chi connectivity index (χ0n) is 11.0. The number of hydrogen-bond donors (Lipinski definition) is 1. The Morgan fingerprint density at radius 2 is 1.60 bits per heavy atom. The Labute approximate surface area is 96.3 Å². The molecule has 0 aliphatic heterocycles. The average molecular weight is 228 g/mol. The van der Waals surface area contributed by atoms with E-state index < -0.39 is 7.71 Å². The summed E-state index contributed by atoms with van der Waals surface area (Å²) in [6.07, 6.45) is 5.33. The average Bonchev–Trinajstić information content (AvgIpc) is 2.23. The molecule has 0 aromatic carbocycles. The molecular weight excluding hydrogens is 201 g/mol. The van der Waals surface area contributed by atoms with Crippen LogP contribution in [0.1, 0.15) is 60.3 Å². The lowest BCUT2D eigenvalue weighted by Crippen LogP contribution is -2.16. The third-order valence-electron chi connectivity index (χ3n) is 3.56. The maximum Gasteiger partial charge on any atom is 0.204 e. The summed E-state index contributed by atoms with van der Waals surface area (Å²) in [5.41, 5.74) is 0.694. The maximum absolute atomic E-state index is 8.44. The first-order chi connectivity index (χ1) is 6.80. The molecule has 88 valence electrons.